The molecule has 0 rings (SSSR count). The van der Waals surface area contributed by atoms with E-state index >= 15 is 0 Å². The first-order valence-electron chi connectivity index (χ1n) is 6.11. The fourth-order valence-electron chi connectivity index (χ4n) is 1.65. The maximum absolute atomic E-state index is 12.0. The van der Waals surface area contributed by atoms with Crippen LogP contribution in [0.5, 0.6) is 0 Å². The highest BCUT2D eigenvalue weighted by atomic mass is 32.2. The fourth-order valence-corrected chi connectivity index (χ4v) is 3.68. The molecule has 0 aromatic heterocycles. The molecule has 0 radical (unpaired) electrons. The second-order valence-electron chi connectivity index (χ2n) is 4.25. The van der Waals surface area contributed by atoms with E-state index in [-0.39, 0.29) is 23.6 Å². The number of nitrogens with two attached hydrogens (primary N) is 1. The number of nitrogens with one attached hydrogen (secondary N) is 1. The third kappa shape index (κ3) is 5.84. The lowest BCUT2D eigenvalue weighted by molar-refractivity contribution is -0.140. The maximum Gasteiger partial charge on any atom is 0.305 e. The molecule has 8 heteroatoms. The van der Waals surface area contributed by atoms with E-state index in [0.29, 0.717) is 12.8 Å². The predicted molar refractivity (Wildman–Crippen MR) is 78.3 cm³/mol. The van der Waals surface area contributed by atoms with Crippen molar-refractivity contribution in [2.45, 2.75) is 45.1 Å². The average Bonchev–Trinajstić information content (AvgIpc) is 2.35. The summed E-state index contributed by atoms with van der Waals surface area (Å²) in [5.41, 5.74) is 4.74. The summed E-state index contributed by atoms with van der Waals surface area (Å²) in [4.78, 5) is 11.1. The highest BCUT2D eigenvalue weighted by Gasteiger charge is 2.33. The van der Waals surface area contributed by atoms with Crippen molar-refractivity contribution in [1.29, 1.82) is 0 Å². The van der Waals surface area contributed by atoms with Crippen molar-refractivity contribution < 1.29 is 17.9 Å². The molecular weight excluding hydrogens is 288 g/mol. The van der Waals surface area contributed by atoms with E-state index in [0.717, 1.165) is 0 Å². The zero-order valence-electron chi connectivity index (χ0n) is 11.6. The maximum atomic E-state index is 12.0. The van der Waals surface area contributed by atoms with Crippen molar-refractivity contribution in [3.8, 4) is 0 Å². The smallest absolute Gasteiger partial charge is 0.305 e. The Morgan fingerprint density at radius 1 is 1.37 bits per heavy atom. The molecule has 0 amide bonds. The summed E-state index contributed by atoms with van der Waals surface area (Å²) in [5.74, 6) is -0.589. The number of thiocarbonyl (C=S) groups is 1. The molecule has 0 fully saturated rings. The Kier molecular flexibility index (Phi) is 7.46. The minimum absolute atomic E-state index is 0.0652. The molecular formula is C11H22N2O4S2. The minimum Gasteiger partial charge on any atom is -0.469 e. The quantitative estimate of drug-likeness (QED) is 0.480. The lowest BCUT2D eigenvalue weighted by Crippen LogP contribution is -2.56. The highest BCUT2D eigenvalue weighted by Crippen LogP contribution is 2.17. The van der Waals surface area contributed by atoms with E-state index in [4.69, 9.17) is 18.0 Å². The predicted octanol–water partition coefficient (Wildman–Crippen LogP) is 0.704. The van der Waals surface area contributed by atoms with Crippen LogP contribution in [0, 0.1) is 0 Å². The molecule has 0 spiro atoms. The first-order chi connectivity index (χ1) is 8.73. The standard InChI is InChI=1S/C11H22N2O4S2/c1-4-11(5-2,10(12)18)13-19(15,16)8-6-7-9(14)17-3/h13H,4-8H2,1-3H3,(H2,12,18). The Morgan fingerprint density at radius 2 is 1.89 bits per heavy atom. The van der Waals surface area contributed by atoms with Crippen molar-refractivity contribution in [2.75, 3.05) is 12.9 Å². The van der Waals surface area contributed by atoms with E-state index in [2.05, 4.69) is 9.46 Å². The van der Waals surface area contributed by atoms with Gasteiger partial charge >= 0.3 is 5.97 Å². The number of esters is 1. The molecule has 0 unspecified atom stereocenters. The first kappa shape index (κ1) is 18.3. The van der Waals surface area contributed by atoms with Crippen LogP contribution in [-0.2, 0) is 19.6 Å². The molecule has 0 bridgehead atoms. The van der Waals surface area contributed by atoms with Crippen LogP contribution < -0.4 is 10.5 Å². The Hall–Kier alpha value is -0.730. The van der Waals surface area contributed by atoms with Gasteiger partial charge in [0.05, 0.1) is 23.4 Å². The third-order valence-corrected chi connectivity index (χ3v) is 4.97. The molecule has 0 aliphatic carbocycles. The van der Waals surface area contributed by atoms with Crippen LogP contribution >= 0.6 is 12.2 Å². The number of hydrogen-bond acceptors (Lipinski definition) is 5. The van der Waals surface area contributed by atoms with Gasteiger partial charge in [0.2, 0.25) is 10.0 Å². The van der Waals surface area contributed by atoms with Crippen molar-refractivity contribution in [3.63, 3.8) is 0 Å². The molecule has 0 aliphatic rings. The van der Waals surface area contributed by atoms with Crippen LogP contribution in [0.15, 0.2) is 0 Å². The van der Waals surface area contributed by atoms with Crippen LogP contribution in [0.2, 0.25) is 0 Å². The van der Waals surface area contributed by atoms with Gasteiger partial charge in [-0.15, -0.1) is 0 Å². The Bertz CT molecular complexity index is 416. The molecule has 112 valence electrons. The van der Waals surface area contributed by atoms with Gasteiger partial charge in [-0.3, -0.25) is 4.79 Å². The van der Waals surface area contributed by atoms with E-state index in [1.807, 2.05) is 13.8 Å². The number of methoxy groups -OCH3 is 1. The van der Waals surface area contributed by atoms with E-state index in [1.54, 1.807) is 0 Å². The van der Waals surface area contributed by atoms with Gasteiger partial charge in [0.15, 0.2) is 0 Å². The Labute approximate surface area is 120 Å². The SMILES string of the molecule is CCC(CC)(NS(=O)(=O)CCCC(=O)OC)C(N)=S. The lowest BCUT2D eigenvalue weighted by Gasteiger charge is -2.31. The van der Waals surface area contributed by atoms with E-state index in [9.17, 15) is 13.2 Å². The van der Waals surface area contributed by atoms with Gasteiger partial charge < -0.3 is 10.5 Å². The number of ether oxygens (including phenoxy) is 1. The lowest BCUT2D eigenvalue weighted by atomic mass is 9.94. The minimum atomic E-state index is -3.54. The Balaban J connectivity index is 4.66. The molecule has 0 aromatic rings. The van der Waals surface area contributed by atoms with Crippen LogP contribution in [0.1, 0.15) is 39.5 Å². The summed E-state index contributed by atoms with van der Waals surface area (Å²) >= 11 is 4.95. The summed E-state index contributed by atoms with van der Waals surface area (Å²) in [5, 5.41) is 0. The van der Waals surface area contributed by atoms with Gasteiger partial charge in [-0.25, -0.2) is 13.1 Å². The van der Waals surface area contributed by atoms with Gasteiger partial charge in [0.25, 0.3) is 0 Å². The van der Waals surface area contributed by atoms with Crippen molar-refractivity contribution in [3.05, 3.63) is 0 Å². The van der Waals surface area contributed by atoms with Gasteiger partial charge in [0, 0.05) is 6.42 Å². The fraction of sp³-hybridized carbons (Fsp3) is 0.818. The van der Waals surface area contributed by atoms with Gasteiger partial charge in [-0.1, -0.05) is 26.1 Å². The molecule has 0 heterocycles. The van der Waals surface area contributed by atoms with Crippen LogP contribution in [0.3, 0.4) is 0 Å². The topological polar surface area (TPSA) is 98.5 Å². The summed E-state index contributed by atoms with van der Waals surface area (Å²) < 4.78 is 30.9. The monoisotopic (exact) mass is 310 g/mol. The number of carbonyl (C=O) groups is 1. The van der Waals surface area contributed by atoms with Crippen molar-refractivity contribution >= 4 is 33.2 Å². The van der Waals surface area contributed by atoms with Gasteiger partial charge in [0.1, 0.15) is 0 Å². The molecule has 19 heavy (non-hydrogen) atoms. The second-order valence-corrected chi connectivity index (χ2v) is 6.54. The van der Waals surface area contributed by atoms with E-state index in [1.165, 1.54) is 7.11 Å². The van der Waals surface area contributed by atoms with Crippen molar-refractivity contribution in [2.24, 2.45) is 5.73 Å². The first-order valence-corrected chi connectivity index (χ1v) is 8.17. The number of sulfonamides is 1. The summed E-state index contributed by atoms with van der Waals surface area (Å²) in [6.45, 7) is 3.64. The normalized spacial score (nSPS) is 12.2. The molecule has 0 saturated heterocycles. The second kappa shape index (κ2) is 7.76. The summed E-state index contributed by atoms with van der Waals surface area (Å²) in [6.07, 6.45) is 1.22. The molecule has 3 N–H and O–H groups in total. The molecule has 0 atom stereocenters. The average molecular weight is 310 g/mol. The zero-order valence-corrected chi connectivity index (χ0v) is 13.2. The van der Waals surface area contributed by atoms with E-state index < -0.39 is 21.5 Å². The summed E-state index contributed by atoms with van der Waals surface area (Å²) in [6, 6.07) is 0. The molecule has 6 nitrogen and oxygen atoms in total. The van der Waals surface area contributed by atoms with Crippen LogP contribution in [0.4, 0.5) is 0 Å². The third-order valence-electron chi connectivity index (χ3n) is 3.05. The van der Waals surface area contributed by atoms with Crippen molar-refractivity contribution in [1.82, 2.24) is 4.72 Å². The largest absolute Gasteiger partial charge is 0.469 e. The van der Waals surface area contributed by atoms with Crippen LogP contribution in [-0.4, -0.2) is 37.8 Å². The Morgan fingerprint density at radius 3 is 2.26 bits per heavy atom. The van der Waals surface area contributed by atoms with Gasteiger partial charge in [-0.05, 0) is 19.3 Å². The highest BCUT2D eigenvalue weighted by molar-refractivity contribution is 7.89. The number of rotatable bonds is 9. The van der Waals surface area contributed by atoms with Crippen LogP contribution in [0.25, 0.3) is 0 Å². The zero-order chi connectivity index (χ0) is 15.1. The number of hydrogen-bond donors (Lipinski definition) is 2. The molecule has 0 aromatic carbocycles. The summed E-state index contributed by atoms with van der Waals surface area (Å²) in [7, 11) is -2.27. The molecule has 0 saturated carbocycles. The molecule has 0 aliphatic heterocycles. The van der Waals surface area contributed by atoms with Gasteiger partial charge in [-0.2, -0.15) is 0 Å². The number of carbonyl (C=O) groups excluding carboxylic acids is 1.